The molecule has 7 heteroatoms. The molecule has 2 rings (SSSR count). The van der Waals surface area contributed by atoms with Crippen LogP contribution in [-0.2, 0) is 11.3 Å². The minimum absolute atomic E-state index is 0.172. The summed E-state index contributed by atoms with van der Waals surface area (Å²) in [5.74, 6) is 0.0560. The van der Waals surface area contributed by atoms with E-state index in [4.69, 9.17) is 4.74 Å². The minimum atomic E-state index is -1.41. The summed E-state index contributed by atoms with van der Waals surface area (Å²) < 4.78 is 17.9. The average Bonchev–Trinajstić information content (AvgIpc) is 2.59. The summed E-state index contributed by atoms with van der Waals surface area (Å²) in [6.45, 7) is 5.10. The van der Waals surface area contributed by atoms with Crippen molar-refractivity contribution in [2.24, 2.45) is 5.92 Å². The molecule has 0 spiro atoms. The van der Waals surface area contributed by atoms with Crippen molar-refractivity contribution in [2.75, 3.05) is 5.32 Å². The van der Waals surface area contributed by atoms with Gasteiger partial charge in [-0.2, -0.15) is 0 Å². The first-order valence-corrected chi connectivity index (χ1v) is 8.30. The Bertz CT molecular complexity index is 778. The molecule has 26 heavy (non-hydrogen) atoms. The third-order valence-electron chi connectivity index (χ3n) is 3.45. The molecule has 2 N–H and O–H groups in total. The average molecular weight is 359 g/mol. The van der Waals surface area contributed by atoms with Gasteiger partial charge in [-0.15, -0.1) is 0 Å². The highest BCUT2D eigenvalue weighted by molar-refractivity contribution is 5.96. The van der Waals surface area contributed by atoms with Gasteiger partial charge in [-0.3, -0.25) is 9.59 Å². The normalized spacial score (nSPS) is 11.7. The fourth-order valence-electron chi connectivity index (χ4n) is 2.11. The van der Waals surface area contributed by atoms with Gasteiger partial charge in [-0.05, 0) is 29.8 Å². The highest BCUT2D eigenvalue weighted by Crippen LogP contribution is 2.15. The molecule has 6 nitrogen and oxygen atoms in total. The van der Waals surface area contributed by atoms with Crippen LogP contribution in [0.4, 0.5) is 10.2 Å². The predicted octanol–water partition coefficient (Wildman–Crippen LogP) is 3.30. The van der Waals surface area contributed by atoms with Gasteiger partial charge in [0.05, 0.1) is 0 Å². The Morgan fingerprint density at radius 1 is 1.19 bits per heavy atom. The van der Waals surface area contributed by atoms with Crippen molar-refractivity contribution in [3.63, 3.8) is 0 Å². The summed E-state index contributed by atoms with van der Waals surface area (Å²) >= 11 is 0. The number of anilines is 1. The van der Waals surface area contributed by atoms with E-state index in [1.165, 1.54) is 19.2 Å². The Morgan fingerprint density at radius 2 is 1.96 bits per heavy atom. The van der Waals surface area contributed by atoms with Crippen LogP contribution < -0.4 is 15.4 Å². The lowest BCUT2D eigenvalue weighted by Crippen LogP contribution is -2.23. The zero-order chi connectivity index (χ0) is 19.1. The van der Waals surface area contributed by atoms with Gasteiger partial charge in [0.2, 0.25) is 12.3 Å². The molecule has 1 heterocycles. The molecule has 1 aromatic carbocycles. The van der Waals surface area contributed by atoms with Crippen molar-refractivity contribution in [1.29, 1.82) is 0 Å². The van der Waals surface area contributed by atoms with Gasteiger partial charge in [0, 0.05) is 31.1 Å². The van der Waals surface area contributed by atoms with Crippen LogP contribution in [-0.4, -0.2) is 23.2 Å². The summed E-state index contributed by atoms with van der Waals surface area (Å²) in [6.07, 6.45) is 0.0539. The zero-order valence-electron chi connectivity index (χ0n) is 15.0. The molecule has 2 amide bonds. The number of halogens is 1. The number of amides is 2. The van der Waals surface area contributed by atoms with E-state index in [0.29, 0.717) is 17.1 Å². The summed E-state index contributed by atoms with van der Waals surface area (Å²) in [7, 11) is 0. The number of nitrogens with zero attached hydrogens (tertiary/aromatic N) is 1. The second kappa shape index (κ2) is 8.94. The molecule has 0 bridgehead atoms. The number of rotatable bonds is 7. The number of benzene rings is 1. The van der Waals surface area contributed by atoms with Crippen molar-refractivity contribution < 1.29 is 18.7 Å². The topological polar surface area (TPSA) is 80.3 Å². The minimum Gasteiger partial charge on any atom is -0.461 e. The quantitative estimate of drug-likeness (QED) is 0.795. The first-order valence-electron chi connectivity index (χ1n) is 8.30. The lowest BCUT2D eigenvalue weighted by molar-refractivity contribution is -0.118. The molecule has 0 aliphatic carbocycles. The van der Waals surface area contributed by atoms with Crippen LogP contribution in [0, 0.1) is 5.92 Å². The smallest absolute Gasteiger partial charge is 0.251 e. The molecule has 1 aromatic heterocycles. The number of nitrogens with one attached hydrogen (secondary N) is 2. The van der Waals surface area contributed by atoms with Gasteiger partial charge in [-0.1, -0.05) is 26.0 Å². The molecule has 2 aromatic rings. The van der Waals surface area contributed by atoms with Crippen LogP contribution in [0.5, 0.6) is 5.75 Å². The Kier molecular flexibility index (Phi) is 6.66. The molecule has 0 aliphatic heterocycles. The number of hydrogen-bond acceptors (Lipinski definition) is 4. The molecular weight excluding hydrogens is 337 g/mol. The van der Waals surface area contributed by atoms with Gasteiger partial charge in [0.25, 0.3) is 5.91 Å². The van der Waals surface area contributed by atoms with Gasteiger partial charge in [0.1, 0.15) is 11.6 Å². The van der Waals surface area contributed by atoms with Crippen molar-refractivity contribution in [3.05, 3.63) is 53.7 Å². The highest BCUT2D eigenvalue weighted by atomic mass is 19.1. The van der Waals surface area contributed by atoms with E-state index in [1.807, 2.05) is 0 Å². The standard InChI is InChI=1S/C19H22FN3O3/c1-12(2)18(24)23-17-10-15(7-8-21-17)19(25)22-11-14-5-4-6-16(9-14)26-13(3)20/h4-10,12-13H,11H2,1-3H3,(H,22,25)(H,21,23,24)/t13-/m0/s1. The summed E-state index contributed by atoms with van der Waals surface area (Å²) in [4.78, 5) is 28.1. The van der Waals surface area contributed by atoms with Gasteiger partial charge in [-0.25, -0.2) is 9.37 Å². The molecule has 0 saturated heterocycles. The summed E-state index contributed by atoms with van der Waals surface area (Å²) in [6, 6.07) is 9.91. The Hall–Kier alpha value is -2.96. The maximum absolute atomic E-state index is 12.9. The van der Waals surface area contributed by atoms with E-state index in [2.05, 4.69) is 15.6 Å². The van der Waals surface area contributed by atoms with Crippen LogP contribution in [0.2, 0.25) is 0 Å². The van der Waals surface area contributed by atoms with E-state index in [-0.39, 0.29) is 24.3 Å². The van der Waals surface area contributed by atoms with Gasteiger partial charge in [0.15, 0.2) is 0 Å². The fraction of sp³-hybridized carbons (Fsp3) is 0.316. The molecule has 0 radical (unpaired) electrons. The van der Waals surface area contributed by atoms with Crippen molar-refractivity contribution in [1.82, 2.24) is 10.3 Å². The Morgan fingerprint density at radius 3 is 2.65 bits per heavy atom. The van der Waals surface area contributed by atoms with E-state index < -0.39 is 6.36 Å². The fourth-order valence-corrected chi connectivity index (χ4v) is 2.11. The number of pyridine rings is 1. The SMILES string of the molecule is CC(C)C(=O)Nc1cc(C(=O)NCc2cccc(O[C@@H](C)F)c2)ccn1. The van der Waals surface area contributed by atoms with Gasteiger partial charge >= 0.3 is 0 Å². The third kappa shape index (κ3) is 5.84. The van der Waals surface area contributed by atoms with Crippen LogP contribution >= 0.6 is 0 Å². The van der Waals surface area contributed by atoms with Crippen molar-refractivity contribution in [2.45, 2.75) is 33.7 Å². The largest absolute Gasteiger partial charge is 0.461 e. The summed E-state index contributed by atoms with van der Waals surface area (Å²) in [5, 5.41) is 5.42. The molecule has 1 atom stereocenters. The number of ether oxygens (including phenoxy) is 1. The second-order valence-corrected chi connectivity index (χ2v) is 6.06. The third-order valence-corrected chi connectivity index (χ3v) is 3.45. The lowest BCUT2D eigenvalue weighted by atomic mass is 10.2. The first kappa shape index (κ1) is 19.4. The lowest BCUT2D eigenvalue weighted by Gasteiger charge is -2.10. The first-order chi connectivity index (χ1) is 12.3. The Labute approximate surface area is 151 Å². The van der Waals surface area contributed by atoms with E-state index >= 15 is 0 Å². The maximum Gasteiger partial charge on any atom is 0.251 e. The molecule has 0 saturated carbocycles. The van der Waals surface area contributed by atoms with Crippen LogP contribution in [0.3, 0.4) is 0 Å². The van der Waals surface area contributed by atoms with Crippen LogP contribution in [0.15, 0.2) is 42.6 Å². The number of aromatic nitrogens is 1. The number of hydrogen-bond donors (Lipinski definition) is 2. The monoisotopic (exact) mass is 359 g/mol. The molecular formula is C19H22FN3O3. The second-order valence-electron chi connectivity index (χ2n) is 6.06. The molecule has 138 valence electrons. The number of carbonyl (C=O) groups excluding carboxylic acids is 2. The number of alkyl halides is 1. The summed E-state index contributed by atoms with van der Waals surface area (Å²) in [5.41, 5.74) is 1.16. The predicted molar refractivity (Wildman–Crippen MR) is 96.5 cm³/mol. The molecule has 0 fully saturated rings. The highest BCUT2D eigenvalue weighted by Gasteiger charge is 2.11. The number of carbonyl (C=O) groups is 2. The maximum atomic E-state index is 12.9. The molecule has 0 unspecified atom stereocenters. The van der Waals surface area contributed by atoms with Crippen LogP contribution in [0.25, 0.3) is 0 Å². The van der Waals surface area contributed by atoms with Crippen molar-refractivity contribution >= 4 is 17.6 Å². The van der Waals surface area contributed by atoms with Crippen LogP contribution in [0.1, 0.15) is 36.7 Å². The van der Waals surface area contributed by atoms with E-state index in [9.17, 15) is 14.0 Å². The zero-order valence-corrected chi connectivity index (χ0v) is 15.0. The van der Waals surface area contributed by atoms with E-state index in [1.54, 1.807) is 44.2 Å². The Balaban J connectivity index is 1.99. The van der Waals surface area contributed by atoms with Crippen molar-refractivity contribution in [3.8, 4) is 5.75 Å². The van der Waals surface area contributed by atoms with E-state index in [0.717, 1.165) is 5.56 Å². The van der Waals surface area contributed by atoms with Gasteiger partial charge < -0.3 is 15.4 Å². The molecule has 0 aliphatic rings.